The fraction of sp³-hybridized carbons (Fsp3) is 0.312. The van der Waals surface area contributed by atoms with Crippen molar-refractivity contribution in [2.24, 2.45) is 0 Å². The number of hydrogen-bond donors (Lipinski definition) is 1. The fourth-order valence-corrected chi connectivity index (χ4v) is 2.68. The van der Waals surface area contributed by atoms with Crippen LogP contribution in [0, 0.1) is 12.7 Å². The third-order valence-electron chi connectivity index (χ3n) is 3.73. The van der Waals surface area contributed by atoms with Crippen LogP contribution >= 0.6 is 0 Å². The first-order chi connectivity index (χ1) is 9.65. The van der Waals surface area contributed by atoms with Gasteiger partial charge in [-0.3, -0.25) is 4.79 Å². The van der Waals surface area contributed by atoms with Crippen LogP contribution < -0.4 is 5.32 Å². The summed E-state index contributed by atoms with van der Waals surface area (Å²) in [6, 6.07) is 6.43. The van der Waals surface area contributed by atoms with Crippen LogP contribution in [-0.2, 0) is 6.42 Å². The van der Waals surface area contributed by atoms with Gasteiger partial charge in [0.15, 0.2) is 0 Å². The number of nitrogens with one attached hydrogen (secondary N) is 1. The van der Waals surface area contributed by atoms with Crippen LogP contribution in [0.1, 0.15) is 46.1 Å². The van der Waals surface area contributed by atoms with E-state index in [9.17, 15) is 9.18 Å². The van der Waals surface area contributed by atoms with Crippen LogP contribution in [0.15, 0.2) is 34.9 Å². The summed E-state index contributed by atoms with van der Waals surface area (Å²) < 4.78 is 19.2. The normalized spacial score (nSPS) is 17.6. The number of carbonyl (C=O) groups is 1. The average molecular weight is 273 g/mol. The Morgan fingerprint density at radius 2 is 2.25 bits per heavy atom. The van der Waals surface area contributed by atoms with Crippen LogP contribution in [0.2, 0.25) is 0 Å². The summed E-state index contributed by atoms with van der Waals surface area (Å²) in [5.74, 6) is 0.0678. The quantitative estimate of drug-likeness (QED) is 0.909. The van der Waals surface area contributed by atoms with Crippen LogP contribution in [0.25, 0.3) is 0 Å². The summed E-state index contributed by atoms with van der Waals surface area (Å²) in [6.45, 7) is 1.80. The smallest absolute Gasteiger partial charge is 0.254 e. The van der Waals surface area contributed by atoms with Gasteiger partial charge in [0.2, 0.25) is 0 Å². The molecular weight excluding hydrogens is 257 g/mol. The first-order valence-corrected chi connectivity index (χ1v) is 6.78. The number of fused-ring (bicyclic) bond motifs is 1. The van der Waals surface area contributed by atoms with E-state index in [-0.39, 0.29) is 17.5 Å². The molecule has 0 spiro atoms. The molecule has 1 aromatic heterocycles. The lowest BCUT2D eigenvalue weighted by Gasteiger charge is -2.22. The van der Waals surface area contributed by atoms with Gasteiger partial charge >= 0.3 is 0 Å². The summed E-state index contributed by atoms with van der Waals surface area (Å²) in [4.78, 5) is 12.2. The highest BCUT2D eigenvalue weighted by molar-refractivity contribution is 5.94. The number of rotatable bonds is 2. The van der Waals surface area contributed by atoms with Gasteiger partial charge in [-0.25, -0.2) is 4.39 Å². The Kier molecular flexibility index (Phi) is 3.30. The number of halogens is 1. The van der Waals surface area contributed by atoms with Crippen molar-refractivity contribution in [3.63, 3.8) is 0 Å². The highest BCUT2D eigenvalue weighted by Gasteiger charge is 2.25. The maximum atomic E-state index is 13.8. The second kappa shape index (κ2) is 5.12. The summed E-state index contributed by atoms with van der Waals surface area (Å²) in [7, 11) is 0. The fourth-order valence-electron chi connectivity index (χ4n) is 2.68. The Morgan fingerprint density at radius 3 is 3.05 bits per heavy atom. The molecule has 0 saturated heterocycles. The van der Waals surface area contributed by atoms with E-state index in [2.05, 4.69) is 5.32 Å². The largest absolute Gasteiger partial charge is 0.469 e. The van der Waals surface area contributed by atoms with Crippen molar-refractivity contribution < 1.29 is 13.6 Å². The molecule has 20 heavy (non-hydrogen) atoms. The first-order valence-electron chi connectivity index (χ1n) is 6.78. The van der Waals surface area contributed by atoms with Crippen molar-refractivity contribution in [3.05, 3.63) is 58.8 Å². The molecule has 1 N–H and O–H groups in total. The molecule has 1 unspecified atom stereocenters. The maximum Gasteiger partial charge on any atom is 0.254 e. The van der Waals surface area contributed by atoms with Gasteiger partial charge in [0, 0.05) is 12.0 Å². The van der Waals surface area contributed by atoms with Gasteiger partial charge in [0.05, 0.1) is 17.9 Å². The van der Waals surface area contributed by atoms with Crippen molar-refractivity contribution in [2.45, 2.75) is 32.2 Å². The van der Waals surface area contributed by atoms with Crippen molar-refractivity contribution in [2.75, 3.05) is 0 Å². The summed E-state index contributed by atoms with van der Waals surface area (Å²) in [5, 5.41) is 2.90. The predicted molar refractivity (Wildman–Crippen MR) is 73.0 cm³/mol. The summed E-state index contributed by atoms with van der Waals surface area (Å²) >= 11 is 0. The third kappa shape index (κ3) is 2.33. The van der Waals surface area contributed by atoms with Crippen molar-refractivity contribution >= 4 is 5.91 Å². The number of amides is 1. The third-order valence-corrected chi connectivity index (χ3v) is 3.73. The topological polar surface area (TPSA) is 42.2 Å². The van der Waals surface area contributed by atoms with Gasteiger partial charge in [0.25, 0.3) is 5.91 Å². The highest BCUT2D eigenvalue weighted by Crippen LogP contribution is 2.30. The van der Waals surface area contributed by atoms with Crippen molar-refractivity contribution in [1.29, 1.82) is 0 Å². The molecule has 1 heterocycles. The van der Waals surface area contributed by atoms with Crippen molar-refractivity contribution in [3.8, 4) is 0 Å². The molecule has 104 valence electrons. The van der Waals surface area contributed by atoms with Crippen LogP contribution in [0.3, 0.4) is 0 Å². The zero-order valence-corrected chi connectivity index (χ0v) is 11.3. The summed E-state index contributed by atoms with van der Waals surface area (Å²) in [6.07, 6.45) is 4.35. The minimum Gasteiger partial charge on any atom is -0.469 e. The van der Waals surface area contributed by atoms with E-state index in [1.165, 1.54) is 12.1 Å². The van der Waals surface area contributed by atoms with E-state index < -0.39 is 5.82 Å². The molecular formula is C16H16FNO2. The average Bonchev–Trinajstić information content (AvgIpc) is 2.87. The van der Waals surface area contributed by atoms with E-state index in [0.717, 1.165) is 36.1 Å². The molecule has 1 atom stereocenters. The number of furan rings is 1. The zero-order valence-electron chi connectivity index (χ0n) is 11.3. The van der Waals surface area contributed by atoms with Gasteiger partial charge in [-0.15, -0.1) is 0 Å². The minimum atomic E-state index is -0.481. The Hall–Kier alpha value is -2.10. The molecule has 0 bridgehead atoms. The van der Waals surface area contributed by atoms with E-state index in [4.69, 9.17) is 4.42 Å². The molecule has 3 rings (SSSR count). The molecule has 0 aliphatic heterocycles. The molecule has 1 aliphatic carbocycles. The Bertz CT molecular complexity index is 648. The molecule has 4 heteroatoms. The molecule has 0 saturated carbocycles. The molecule has 3 nitrogen and oxygen atoms in total. The SMILES string of the molecule is Cc1ccc(C(=O)NC2CCCc3occc32)c(F)c1. The molecule has 1 aliphatic rings. The standard InChI is InChI=1S/C16H16FNO2/c1-10-5-6-11(13(17)9-10)16(19)18-14-3-2-4-15-12(14)7-8-20-15/h5-9,14H,2-4H2,1H3,(H,18,19). The number of hydrogen-bond acceptors (Lipinski definition) is 2. The molecule has 0 radical (unpaired) electrons. The second-order valence-electron chi connectivity index (χ2n) is 5.20. The summed E-state index contributed by atoms with van der Waals surface area (Å²) in [5.41, 5.74) is 1.90. The second-order valence-corrected chi connectivity index (χ2v) is 5.20. The lowest BCUT2D eigenvalue weighted by Crippen LogP contribution is -2.31. The molecule has 0 fully saturated rings. The monoisotopic (exact) mass is 273 g/mol. The molecule has 1 aromatic carbocycles. The maximum absolute atomic E-state index is 13.8. The zero-order chi connectivity index (χ0) is 14.1. The van der Waals surface area contributed by atoms with E-state index in [0.29, 0.717) is 0 Å². The Balaban J connectivity index is 1.81. The molecule has 1 amide bonds. The predicted octanol–water partition coefficient (Wildman–Crippen LogP) is 3.53. The van der Waals surface area contributed by atoms with Crippen LogP contribution in [-0.4, -0.2) is 5.91 Å². The number of aryl methyl sites for hydroxylation is 2. The lowest BCUT2D eigenvalue weighted by atomic mass is 9.93. The Morgan fingerprint density at radius 1 is 1.40 bits per heavy atom. The van der Waals surface area contributed by atoms with Gasteiger partial charge < -0.3 is 9.73 Å². The first kappa shape index (κ1) is 12.9. The van der Waals surface area contributed by atoms with Gasteiger partial charge in [0.1, 0.15) is 11.6 Å². The van der Waals surface area contributed by atoms with Crippen LogP contribution in [0.4, 0.5) is 4.39 Å². The number of benzene rings is 1. The van der Waals surface area contributed by atoms with E-state index >= 15 is 0 Å². The minimum absolute atomic E-state index is 0.0891. The lowest BCUT2D eigenvalue weighted by molar-refractivity contribution is 0.0928. The van der Waals surface area contributed by atoms with Crippen LogP contribution in [0.5, 0.6) is 0 Å². The Labute approximate surface area is 116 Å². The van der Waals surface area contributed by atoms with E-state index in [1.54, 1.807) is 19.3 Å². The molecule has 2 aromatic rings. The van der Waals surface area contributed by atoms with Gasteiger partial charge in [-0.2, -0.15) is 0 Å². The number of carbonyl (C=O) groups excluding carboxylic acids is 1. The van der Waals surface area contributed by atoms with Crippen molar-refractivity contribution in [1.82, 2.24) is 5.32 Å². The van der Waals surface area contributed by atoms with Gasteiger partial charge in [-0.05, 0) is 43.5 Å². The van der Waals surface area contributed by atoms with Gasteiger partial charge in [-0.1, -0.05) is 6.07 Å². The van der Waals surface area contributed by atoms with E-state index in [1.807, 2.05) is 6.07 Å². The highest BCUT2D eigenvalue weighted by atomic mass is 19.1.